The quantitative estimate of drug-likeness (QED) is 0.687. The molecule has 1 N–H and O–H groups in total. The maximum Gasteiger partial charge on any atom is 0.422 e. The van der Waals surface area contributed by atoms with Gasteiger partial charge in [-0.1, -0.05) is 17.7 Å². The number of benzene rings is 1. The summed E-state index contributed by atoms with van der Waals surface area (Å²) in [6.07, 6.45) is -6.35. The van der Waals surface area contributed by atoms with Crippen molar-refractivity contribution in [2.75, 3.05) is 25.0 Å². The molecule has 1 aromatic rings. The standard InChI is InChI=1S/C19H22ClF3N2O5/c1-11-3-4-14(20)9-15(11)24-16(26)12(2)30-17(27)13-5-7-25(8-6-13)18(28)29-10-19(21,22)23/h3-4,9,12-13H,5-8,10H2,1-2H3,(H,24,26). The molecular weight excluding hydrogens is 429 g/mol. The summed E-state index contributed by atoms with van der Waals surface area (Å²) in [5.74, 6) is -1.70. The average Bonchev–Trinajstić information content (AvgIpc) is 2.68. The second-order valence-electron chi connectivity index (χ2n) is 6.96. The van der Waals surface area contributed by atoms with Gasteiger partial charge in [-0.2, -0.15) is 13.2 Å². The minimum atomic E-state index is -4.60. The predicted molar refractivity (Wildman–Crippen MR) is 102 cm³/mol. The van der Waals surface area contributed by atoms with E-state index in [1.807, 2.05) is 0 Å². The zero-order valence-electron chi connectivity index (χ0n) is 16.4. The molecule has 7 nitrogen and oxygen atoms in total. The van der Waals surface area contributed by atoms with Gasteiger partial charge >= 0.3 is 18.2 Å². The highest BCUT2D eigenvalue weighted by molar-refractivity contribution is 6.31. The molecule has 1 saturated heterocycles. The summed E-state index contributed by atoms with van der Waals surface area (Å²) < 4.78 is 45.8. The van der Waals surface area contributed by atoms with Crippen LogP contribution < -0.4 is 5.32 Å². The molecule has 2 rings (SSSR count). The fourth-order valence-corrected chi connectivity index (χ4v) is 2.99. The first kappa shape index (κ1) is 23.8. The molecule has 1 fully saturated rings. The zero-order chi connectivity index (χ0) is 22.5. The van der Waals surface area contributed by atoms with Crippen LogP contribution in [-0.4, -0.2) is 54.8 Å². The van der Waals surface area contributed by atoms with E-state index in [9.17, 15) is 27.6 Å². The monoisotopic (exact) mass is 450 g/mol. The lowest BCUT2D eigenvalue weighted by molar-refractivity contribution is -0.163. The number of alkyl halides is 3. The van der Waals surface area contributed by atoms with Gasteiger partial charge in [-0.25, -0.2) is 4.79 Å². The molecule has 1 aromatic carbocycles. The predicted octanol–water partition coefficient (Wildman–Crippen LogP) is 3.93. The first-order valence-electron chi connectivity index (χ1n) is 9.22. The number of nitrogens with one attached hydrogen (secondary N) is 1. The Hall–Kier alpha value is -2.49. The van der Waals surface area contributed by atoms with Crippen molar-refractivity contribution in [3.63, 3.8) is 0 Å². The topological polar surface area (TPSA) is 84.9 Å². The number of piperidine rings is 1. The van der Waals surface area contributed by atoms with Gasteiger partial charge in [-0.15, -0.1) is 0 Å². The van der Waals surface area contributed by atoms with Crippen molar-refractivity contribution in [3.8, 4) is 0 Å². The number of anilines is 1. The zero-order valence-corrected chi connectivity index (χ0v) is 17.2. The van der Waals surface area contributed by atoms with E-state index in [0.717, 1.165) is 10.5 Å². The molecule has 11 heteroatoms. The number of esters is 1. The lowest BCUT2D eigenvalue weighted by Crippen LogP contribution is -2.42. The van der Waals surface area contributed by atoms with Crippen LogP contribution >= 0.6 is 11.6 Å². The number of carbonyl (C=O) groups is 3. The summed E-state index contributed by atoms with van der Waals surface area (Å²) in [4.78, 5) is 37.4. The van der Waals surface area contributed by atoms with E-state index in [1.165, 1.54) is 6.92 Å². The Labute approximate surface area is 176 Å². The van der Waals surface area contributed by atoms with Crippen LogP contribution in [0.2, 0.25) is 5.02 Å². The molecule has 30 heavy (non-hydrogen) atoms. The number of hydrogen-bond acceptors (Lipinski definition) is 5. The first-order valence-corrected chi connectivity index (χ1v) is 9.60. The second kappa shape index (κ2) is 10.0. The highest BCUT2D eigenvalue weighted by Crippen LogP contribution is 2.23. The molecule has 2 amide bonds. The van der Waals surface area contributed by atoms with Gasteiger partial charge < -0.3 is 19.7 Å². The van der Waals surface area contributed by atoms with Crippen LogP contribution in [-0.2, 0) is 19.1 Å². The molecule has 1 heterocycles. The highest BCUT2D eigenvalue weighted by atomic mass is 35.5. The van der Waals surface area contributed by atoms with Crippen LogP contribution in [0, 0.1) is 12.8 Å². The Kier molecular flexibility index (Phi) is 7.94. The molecule has 0 radical (unpaired) electrons. The number of amides is 2. The number of aryl methyl sites for hydroxylation is 1. The van der Waals surface area contributed by atoms with Crippen LogP contribution in [0.3, 0.4) is 0 Å². The fraction of sp³-hybridized carbons (Fsp3) is 0.526. The summed E-state index contributed by atoms with van der Waals surface area (Å²) in [6, 6.07) is 5.00. The third kappa shape index (κ3) is 7.08. The Morgan fingerprint density at radius 2 is 1.90 bits per heavy atom. The van der Waals surface area contributed by atoms with Gasteiger partial charge in [-0.05, 0) is 44.4 Å². The van der Waals surface area contributed by atoms with Crippen molar-refractivity contribution in [2.45, 2.75) is 39.0 Å². The molecule has 1 atom stereocenters. The molecule has 0 aliphatic carbocycles. The van der Waals surface area contributed by atoms with E-state index in [4.69, 9.17) is 16.3 Å². The molecule has 1 aliphatic rings. The number of nitrogens with zero attached hydrogens (tertiary/aromatic N) is 1. The van der Waals surface area contributed by atoms with E-state index < -0.39 is 42.8 Å². The summed E-state index contributed by atoms with van der Waals surface area (Å²) in [6.45, 7) is 1.66. The summed E-state index contributed by atoms with van der Waals surface area (Å²) in [7, 11) is 0. The average molecular weight is 451 g/mol. The highest BCUT2D eigenvalue weighted by Gasteiger charge is 2.34. The lowest BCUT2D eigenvalue weighted by Gasteiger charge is -2.30. The van der Waals surface area contributed by atoms with Crippen molar-refractivity contribution in [1.82, 2.24) is 4.90 Å². The Morgan fingerprint density at radius 1 is 1.27 bits per heavy atom. The van der Waals surface area contributed by atoms with Crippen molar-refractivity contribution in [1.29, 1.82) is 0 Å². The summed E-state index contributed by atoms with van der Waals surface area (Å²) in [5, 5.41) is 3.09. The molecule has 0 aromatic heterocycles. The number of likely N-dealkylation sites (tertiary alicyclic amines) is 1. The van der Waals surface area contributed by atoms with E-state index >= 15 is 0 Å². The van der Waals surface area contributed by atoms with Crippen molar-refractivity contribution < 1.29 is 37.0 Å². The number of halogens is 4. The van der Waals surface area contributed by atoms with Crippen molar-refractivity contribution in [2.24, 2.45) is 5.92 Å². The summed E-state index contributed by atoms with van der Waals surface area (Å²) >= 11 is 5.91. The smallest absolute Gasteiger partial charge is 0.422 e. The molecular formula is C19H22ClF3N2O5. The van der Waals surface area contributed by atoms with E-state index in [2.05, 4.69) is 10.1 Å². The van der Waals surface area contributed by atoms with Gasteiger partial charge in [0.05, 0.1) is 5.92 Å². The van der Waals surface area contributed by atoms with Gasteiger partial charge in [0.15, 0.2) is 12.7 Å². The number of carbonyl (C=O) groups excluding carboxylic acids is 3. The maximum atomic E-state index is 12.3. The molecule has 0 bridgehead atoms. The molecule has 0 saturated carbocycles. The van der Waals surface area contributed by atoms with Crippen LogP contribution in [0.1, 0.15) is 25.3 Å². The van der Waals surface area contributed by atoms with E-state index in [0.29, 0.717) is 10.7 Å². The van der Waals surface area contributed by atoms with E-state index in [1.54, 1.807) is 25.1 Å². The maximum absolute atomic E-state index is 12.3. The van der Waals surface area contributed by atoms with Crippen LogP contribution in [0.15, 0.2) is 18.2 Å². The van der Waals surface area contributed by atoms with E-state index in [-0.39, 0.29) is 25.9 Å². The Morgan fingerprint density at radius 3 is 2.50 bits per heavy atom. The van der Waals surface area contributed by atoms with Crippen LogP contribution in [0.4, 0.5) is 23.7 Å². The minimum Gasteiger partial charge on any atom is -0.452 e. The van der Waals surface area contributed by atoms with Crippen molar-refractivity contribution in [3.05, 3.63) is 28.8 Å². The second-order valence-corrected chi connectivity index (χ2v) is 7.40. The first-order chi connectivity index (χ1) is 14.0. The number of hydrogen-bond donors (Lipinski definition) is 1. The number of ether oxygens (including phenoxy) is 2. The molecule has 1 unspecified atom stereocenters. The molecule has 0 spiro atoms. The van der Waals surface area contributed by atoms with Gasteiger partial charge in [0.1, 0.15) is 0 Å². The fourth-order valence-electron chi connectivity index (χ4n) is 2.82. The van der Waals surface area contributed by atoms with Crippen LogP contribution in [0.25, 0.3) is 0 Å². The largest absolute Gasteiger partial charge is 0.452 e. The van der Waals surface area contributed by atoms with Gasteiger partial charge in [0.25, 0.3) is 5.91 Å². The molecule has 1 aliphatic heterocycles. The Balaban J connectivity index is 1.80. The third-order valence-corrected chi connectivity index (χ3v) is 4.80. The van der Waals surface area contributed by atoms with Gasteiger partial charge in [0.2, 0.25) is 0 Å². The number of rotatable bonds is 5. The molecule has 166 valence electrons. The summed E-state index contributed by atoms with van der Waals surface area (Å²) in [5.41, 5.74) is 1.29. The SMILES string of the molecule is Cc1ccc(Cl)cc1NC(=O)C(C)OC(=O)C1CCN(C(=O)OCC(F)(F)F)CC1. The Bertz CT molecular complexity index is 795. The lowest BCUT2D eigenvalue weighted by atomic mass is 9.97. The van der Waals surface area contributed by atoms with Crippen molar-refractivity contribution >= 4 is 35.3 Å². The van der Waals surface area contributed by atoms with Gasteiger partial charge in [0, 0.05) is 23.8 Å². The minimum absolute atomic E-state index is 0.0543. The van der Waals surface area contributed by atoms with Gasteiger partial charge in [-0.3, -0.25) is 9.59 Å². The normalized spacial score (nSPS) is 16.0. The third-order valence-electron chi connectivity index (χ3n) is 4.57. The van der Waals surface area contributed by atoms with Crippen LogP contribution in [0.5, 0.6) is 0 Å².